The minimum atomic E-state index is 0.0221. The lowest BCUT2D eigenvalue weighted by Gasteiger charge is -2.17. The summed E-state index contributed by atoms with van der Waals surface area (Å²) >= 11 is 11.6. The van der Waals surface area contributed by atoms with Crippen LogP contribution in [0.4, 0.5) is 0 Å². The van der Waals surface area contributed by atoms with Gasteiger partial charge in [0.15, 0.2) is 0 Å². The highest BCUT2D eigenvalue weighted by Crippen LogP contribution is 2.26. The summed E-state index contributed by atoms with van der Waals surface area (Å²) in [7, 11) is 0. The van der Waals surface area contributed by atoms with Gasteiger partial charge in [-0.2, -0.15) is 0 Å². The van der Waals surface area contributed by atoms with E-state index in [0.29, 0.717) is 10.0 Å². The summed E-state index contributed by atoms with van der Waals surface area (Å²) in [5, 5.41) is 1.07. The molecule has 0 unspecified atom stereocenters. The maximum absolute atomic E-state index is 5.85. The summed E-state index contributed by atoms with van der Waals surface area (Å²) in [6.07, 6.45) is 1.59. The molecule has 0 fully saturated rings. The second-order valence-corrected chi connectivity index (χ2v) is 4.55. The van der Waals surface area contributed by atoms with Crippen molar-refractivity contribution in [3.05, 3.63) is 28.0 Å². The molecule has 1 aromatic heterocycles. The molecule has 0 saturated carbocycles. The third-order valence-corrected chi connectivity index (χ3v) is 2.29. The molecular weight excluding hydrogens is 193 g/mol. The Labute approximate surface area is 82.7 Å². The fraction of sp³-hybridized carbons (Fsp3) is 0.444. The number of rotatable bonds is 0. The molecule has 0 aliphatic heterocycles. The van der Waals surface area contributed by atoms with Crippen LogP contribution in [0.2, 0.25) is 10.0 Å². The van der Waals surface area contributed by atoms with Crippen molar-refractivity contribution >= 4 is 23.2 Å². The molecule has 1 rings (SSSR count). The summed E-state index contributed by atoms with van der Waals surface area (Å²) in [5.74, 6) is 0. The number of halogens is 2. The van der Waals surface area contributed by atoms with Gasteiger partial charge >= 0.3 is 0 Å². The zero-order valence-electron chi connectivity index (χ0n) is 7.36. The zero-order chi connectivity index (χ0) is 9.35. The number of hydrogen-bond donors (Lipinski definition) is 0. The smallest absolute Gasteiger partial charge is 0.0775 e. The van der Waals surface area contributed by atoms with Crippen LogP contribution in [0.1, 0.15) is 26.5 Å². The van der Waals surface area contributed by atoms with Crippen molar-refractivity contribution in [2.45, 2.75) is 26.2 Å². The van der Waals surface area contributed by atoms with Crippen LogP contribution in [0.5, 0.6) is 0 Å². The zero-order valence-corrected chi connectivity index (χ0v) is 8.87. The van der Waals surface area contributed by atoms with Crippen molar-refractivity contribution in [1.29, 1.82) is 0 Å². The molecule has 1 heterocycles. The van der Waals surface area contributed by atoms with E-state index in [1.807, 2.05) is 6.07 Å². The first kappa shape index (κ1) is 9.82. The van der Waals surface area contributed by atoms with Gasteiger partial charge in [0.2, 0.25) is 0 Å². The molecule has 0 atom stereocenters. The van der Waals surface area contributed by atoms with Gasteiger partial charge in [-0.05, 0) is 6.07 Å². The minimum absolute atomic E-state index is 0.0221. The number of pyridine rings is 1. The third kappa shape index (κ3) is 2.11. The van der Waals surface area contributed by atoms with Crippen LogP contribution >= 0.6 is 23.2 Å². The van der Waals surface area contributed by atoms with Crippen LogP contribution in [0.25, 0.3) is 0 Å². The van der Waals surface area contributed by atoms with Gasteiger partial charge < -0.3 is 0 Å². The monoisotopic (exact) mass is 203 g/mol. The first-order chi connectivity index (χ1) is 5.41. The predicted molar refractivity (Wildman–Crippen MR) is 53.0 cm³/mol. The average Bonchev–Trinajstić information content (AvgIpc) is 1.92. The fourth-order valence-electron chi connectivity index (χ4n) is 0.824. The first-order valence-electron chi connectivity index (χ1n) is 3.73. The molecule has 0 amide bonds. The molecule has 0 aliphatic rings. The first-order valence-corrected chi connectivity index (χ1v) is 4.48. The van der Waals surface area contributed by atoms with E-state index < -0.39 is 0 Å². The van der Waals surface area contributed by atoms with Crippen molar-refractivity contribution in [2.24, 2.45) is 0 Å². The molecule has 0 bridgehead atoms. The molecule has 0 N–H and O–H groups in total. The van der Waals surface area contributed by atoms with Gasteiger partial charge in [0.1, 0.15) is 0 Å². The number of nitrogens with zero attached hydrogens (tertiary/aromatic N) is 1. The van der Waals surface area contributed by atoms with Gasteiger partial charge in [-0.1, -0.05) is 44.0 Å². The highest BCUT2D eigenvalue weighted by molar-refractivity contribution is 6.41. The largest absolute Gasteiger partial charge is 0.259 e. The van der Waals surface area contributed by atoms with E-state index in [2.05, 4.69) is 25.8 Å². The van der Waals surface area contributed by atoms with Gasteiger partial charge in [-0.25, -0.2) is 0 Å². The van der Waals surface area contributed by atoms with E-state index in [9.17, 15) is 0 Å². The van der Waals surface area contributed by atoms with E-state index >= 15 is 0 Å². The van der Waals surface area contributed by atoms with Crippen molar-refractivity contribution in [3.8, 4) is 0 Å². The molecular formula is C9H11Cl2N. The van der Waals surface area contributed by atoms with Crippen molar-refractivity contribution < 1.29 is 0 Å². The Morgan fingerprint density at radius 2 is 1.75 bits per heavy atom. The van der Waals surface area contributed by atoms with Gasteiger partial charge in [0.25, 0.3) is 0 Å². The third-order valence-electron chi connectivity index (χ3n) is 1.58. The quantitative estimate of drug-likeness (QED) is 0.628. The molecule has 0 aliphatic carbocycles. The fourth-order valence-corrected chi connectivity index (χ4v) is 1.08. The highest BCUT2D eigenvalue weighted by Gasteiger charge is 2.16. The SMILES string of the molecule is CC(C)(C)c1cc(Cl)c(Cl)cn1. The maximum Gasteiger partial charge on any atom is 0.0775 e. The van der Waals surface area contributed by atoms with Gasteiger partial charge in [0.05, 0.1) is 10.0 Å². The lowest BCUT2D eigenvalue weighted by Crippen LogP contribution is -2.13. The summed E-state index contributed by atoms with van der Waals surface area (Å²) in [5.41, 5.74) is 0.978. The molecule has 1 nitrogen and oxygen atoms in total. The lowest BCUT2D eigenvalue weighted by molar-refractivity contribution is 0.569. The van der Waals surface area contributed by atoms with Crippen LogP contribution in [0.15, 0.2) is 12.3 Å². The standard InChI is InChI=1S/C9H11Cl2N/c1-9(2,3)8-4-6(10)7(11)5-12-8/h4-5H,1-3H3. The summed E-state index contributed by atoms with van der Waals surface area (Å²) in [4.78, 5) is 4.19. The molecule has 0 aromatic carbocycles. The highest BCUT2D eigenvalue weighted by atomic mass is 35.5. The van der Waals surface area contributed by atoms with E-state index in [1.165, 1.54) is 0 Å². The molecule has 3 heteroatoms. The van der Waals surface area contributed by atoms with E-state index in [1.54, 1.807) is 6.20 Å². The maximum atomic E-state index is 5.85. The van der Waals surface area contributed by atoms with Crippen LogP contribution in [0.3, 0.4) is 0 Å². The Bertz CT molecular complexity index is 289. The molecule has 0 saturated heterocycles. The minimum Gasteiger partial charge on any atom is -0.259 e. The Balaban J connectivity index is 3.14. The van der Waals surface area contributed by atoms with Gasteiger partial charge in [-0.3, -0.25) is 4.98 Å². The molecule has 12 heavy (non-hydrogen) atoms. The van der Waals surface area contributed by atoms with Gasteiger partial charge in [-0.15, -0.1) is 0 Å². The normalized spacial score (nSPS) is 11.8. The summed E-state index contributed by atoms with van der Waals surface area (Å²) in [6, 6.07) is 1.81. The summed E-state index contributed by atoms with van der Waals surface area (Å²) in [6.45, 7) is 6.25. The summed E-state index contributed by atoms with van der Waals surface area (Å²) < 4.78 is 0. The Morgan fingerprint density at radius 3 is 2.17 bits per heavy atom. The topological polar surface area (TPSA) is 12.9 Å². The van der Waals surface area contributed by atoms with E-state index in [4.69, 9.17) is 23.2 Å². The van der Waals surface area contributed by atoms with Crippen LogP contribution in [-0.4, -0.2) is 4.98 Å². The average molecular weight is 204 g/mol. The van der Waals surface area contributed by atoms with Crippen molar-refractivity contribution in [1.82, 2.24) is 4.98 Å². The number of aromatic nitrogens is 1. The second-order valence-electron chi connectivity index (χ2n) is 3.73. The molecule has 0 radical (unpaired) electrons. The lowest BCUT2D eigenvalue weighted by atomic mass is 9.92. The van der Waals surface area contributed by atoms with Gasteiger partial charge in [0, 0.05) is 17.3 Å². The molecule has 66 valence electrons. The molecule has 0 spiro atoms. The Kier molecular flexibility index (Phi) is 2.64. The van der Waals surface area contributed by atoms with Crippen molar-refractivity contribution in [3.63, 3.8) is 0 Å². The van der Waals surface area contributed by atoms with Crippen LogP contribution < -0.4 is 0 Å². The van der Waals surface area contributed by atoms with Crippen LogP contribution in [-0.2, 0) is 5.41 Å². The van der Waals surface area contributed by atoms with Crippen LogP contribution in [0, 0.1) is 0 Å². The van der Waals surface area contributed by atoms with E-state index in [-0.39, 0.29) is 5.41 Å². The number of hydrogen-bond acceptors (Lipinski definition) is 1. The second kappa shape index (κ2) is 3.23. The van der Waals surface area contributed by atoms with E-state index in [0.717, 1.165) is 5.69 Å². The Hall–Kier alpha value is -0.270. The Morgan fingerprint density at radius 1 is 1.17 bits per heavy atom. The van der Waals surface area contributed by atoms with Crippen molar-refractivity contribution in [2.75, 3.05) is 0 Å². The molecule has 1 aromatic rings. The predicted octanol–water partition coefficient (Wildman–Crippen LogP) is 3.69.